The molecule has 0 aliphatic rings. The third-order valence-electron chi connectivity index (χ3n) is 1.51. The number of hydrogen-bond acceptors (Lipinski definition) is 1. The van der Waals surface area contributed by atoms with E-state index >= 15 is 0 Å². The summed E-state index contributed by atoms with van der Waals surface area (Å²) in [7, 11) is 0. The summed E-state index contributed by atoms with van der Waals surface area (Å²) in [6.45, 7) is 0. The molecule has 0 bridgehead atoms. The van der Waals surface area contributed by atoms with Gasteiger partial charge in [-0.05, 0) is 11.5 Å². The topological polar surface area (TPSA) is 15.8 Å². The number of hydrogen-bond donors (Lipinski definition) is 1. The molecule has 0 amide bonds. The van der Waals surface area contributed by atoms with Crippen LogP contribution in [0.5, 0.6) is 0 Å². The van der Waals surface area contributed by atoms with Crippen LogP contribution in [0.1, 0.15) is 0 Å². The predicted molar refractivity (Wildman–Crippen MR) is 43.9 cm³/mol. The van der Waals surface area contributed by atoms with Crippen LogP contribution in [0.3, 0.4) is 0 Å². The van der Waals surface area contributed by atoms with Gasteiger partial charge in [-0.1, -0.05) is 24.3 Å². The molecule has 2 rings (SSSR count). The number of fused-ring (bicyclic) bond motifs is 1. The minimum Gasteiger partial charge on any atom is -0.762 e. The van der Waals surface area contributed by atoms with Crippen LogP contribution in [0.2, 0.25) is 0 Å². The van der Waals surface area contributed by atoms with E-state index in [1.807, 2.05) is 30.3 Å². The average Bonchev–Trinajstić information content (AvgIpc) is 2.27. The van der Waals surface area contributed by atoms with E-state index in [4.69, 9.17) is 12.6 Å². The van der Waals surface area contributed by atoms with Crippen molar-refractivity contribution in [3.63, 3.8) is 0 Å². The summed E-state index contributed by atoms with van der Waals surface area (Å²) >= 11 is 4.96. The summed E-state index contributed by atoms with van der Waals surface area (Å²) in [5.74, 6) is 0. The molecular formula is C8H6LiNS. The fourth-order valence-electron chi connectivity index (χ4n) is 1.05. The van der Waals surface area contributed by atoms with Crippen LogP contribution in [0.15, 0.2) is 35.4 Å². The second-order valence-electron chi connectivity index (χ2n) is 2.22. The molecule has 0 aliphatic heterocycles. The van der Waals surface area contributed by atoms with Crippen LogP contribution in [0, 0.1) is 0 Å². The number of para-hydroxylation sites is 1. The molecule has 1 aromatic carbocycles. The number of aromatic amines is 1. The van der Waals surface area contributed by atoms with Crippen LogP contribution in [0.25, 0.3) is 10.9 Å². The van der Waals surface area contributed by atoms with Crippen LogP contribution < -0.4 is 18.9 Å². The van der Waals surface area contributed by atoms with E-state index in [9.17, 15) is 0 Å². The fraction of sp³-hybridized carbons (Fsp3) is 0. The van der Waals surface area contributed by atoms with E-state index in [0.29, 0.717) is 0 Å². The summed E-state index contributed by atoms with van der Waals surface area (Å²) < 4.78 is 0. The Kier molecular flexibility index (Phi) is 2.61. The largest absolute Gasteiger partial charge is 1.00 e. The second kappa shape index (κ2) is 3.32. The third-order valence-corrected chi connectivity index (χ3v) is 1.73. The number of aromatic nitrogens is 1. The van der Waals surface area contributed by atoms with Crippen LogP contribution in [-0.4, -0.2) is 4.98 Å². The monoisotopic (exact) mass is 155 g/mol. The van der Waals surface area contributed by atoms with Gasteiger partial charge in [0.05, 0.1) is 0 Å². The molecule has 1 heterocycles. The van der Waals surface area contributed by atoms with Gasteiger partial charge in [-0.25, -0.2) is 0 Å². The fourth-order valence-corrected chi connectivity index (χ4v) is 1.28. The minimum atomic E-state index is 0. The molecule has 1 N–H and O–H groups in total. The number of benzene rings is 1. The zero-order valence-corrected chi connectivity index (χ0v) is 7.11. The molecule has 0 fully saturated rings. The van der Waals surface area contributed by atoms with Gasteiger partial charge >= 0.3 is 18.9 Å². The Morgan fingerprint density at radius 3 is 2.64 bits per heavy atom. The van der Waals surface area contributed by atoms with Gasteiger partial charge in [0.15, 0.2) is 0 Å². The molecule has 50 valence electrons. The van der Waals surface area contributed by atoms with Crippen LogP contribution >= 0.6 is 0 Å². The van der Waals surface area contributed by atoms with Crippen molar-refractivity contribution in [3.05, 3.63) is 30.3 Å². The number of rotatable bonds is 0. The van der Waals surface area contributed by atoms with Crippen molar-refractivity contribution in [2.24, 2.45) is 0 Å². The van der Waals surface area contributed by atoms with E-state index in [1.54, 1.807) is 0 Å². The van der Waals surface area contributed by atoms with Crippen molar-refractivity contribution < 1.29 is 18.9 Å². The van der Waals surface area contributed by atoms with Crippen molar-refractivity contribution in [3.8, 4) is 0 Å². The van der Waals surface area contributed by atoms with Gasteiger partial charge < -0.3 is 17.6 Å². The van der Waals surface area contributed by atoms with Gasteiger partial charge in [0, 0.05) is 5.52 Å². The molecule has 3 heteroatoms. The SMILES string of the molecule is [Li+].[S-]c1cc2ccccc2[nH]1. The van der Waals surface area contributed by atoms with Crippen LogP contribution in [0.4, 0.5) is 0 Å². The average molecular weight is 155 g/mol. The Hall–Kier alpha value is -0.423. The molecule has 0 unspecified atom stereocenters. The zero-order chi connectivity index (χ0) is 6.97. The molecule has 0 radical (unpaired) electrons. The van der Waals surface area contributed by atoms with Crippen molar-refractivity contribution in [1.29, 1.82) is 0 Å². The van der Waals surface area contributed by atoms with Crippen molar-refractivity contribution in [2.75, 3.05) is 0 Å². The van der Waals surface area contributed by atoms with E-state index in [2.05, 4.69) is 4.98 Å². The zero-order valence-electron chi connectivity index (χ0n) is 6.29. The van der Waals surface area contributed by atoms with Gasteiger partial charge in [0.25, 0.3) is 0 Å². The molecule has 11 heavy (non-hydrogen) atoms. The standard InChI is InChI=1S/C8H7NS.Li/c10-8-5-6-3-1-2-4-7(6)9-8;/h1-5,9-10H;/q;+1/p-1. The summed E-state index contributed by atoms with van der Waals surface area (Å²) in [5.41, 5.74) is 1.12. The molecular weight excluding hydrogens is 149 g/mol. The first-order valence-corrected chi connectivity index (χ1v) is 3.52. The summed E-state index contributed by atoms with van der Waals surface area (Å²) in [5, 5.41) is 1.99. The van der Waals surface area contributed by atoms with Crippen molar-refractivity contribution in [2.45, 2.75) is 5.03 Å². The quantitative estimate of drug-likeness (QED) is 0.384. The second-order valence-corrected chi connectivity index (χ2v) is 2.66. The maximum atomic E-state index is 4.96. The van der Waals surface area contributed by atoms with Crippen molar-refractivity contribution in [1.82, 2.24) is 4.98 Å². The van der Waals surface area contributed by atoms with E-state index < -0.39 is 0 Å². The molecule has 1 aromatic heterocycles. The van der Waals surface area contributed by atoms with Crippen LogP contribution in [-0.2, 0) is 12.6 Å². The van der Waals surface area contributed by atoms with E-state index in [-0.39, 0.29) is 18.9 Å². The van der Waals surface area contributed by atoms with E-state index in [0.717, 1.165) is 10.5 Å². The third kappa shape index (κ3) is 1.59. The Morgan fingerprint density at radius 1 is 1.18 bits per heavy atom. The first kappa shape index (κ1) is 8.67. The summed E-state index contributed by atoms with van der Waals surface area (Å²) in [4.78, 5) is 3.07. The summed E-state index contributed by atoms with van der Waals surface area (Å²) in [6, 6.07) is 10.0. The molecule has 0 saturated heterocycles. The van der Waals surface area contributed by atoms with E-state index in [1.165, 1.54) is 5.39 Å². The minimum absolute atomic E-state index is 0. The normalized spacial score (nSPS) is 9.45. The molecule has 0 atom stereocenters. The van der Waals surface area contributed by atoms with Gasteiger partial charge in [-0.2, -0.15) is 0 Å². The van der Waals surface area contributed by atoms with Gasteiger partial charge in [0.1, 0.15) is 0 Å². The predicted octanol–water partition coefficient (Wildman–Crippen LogP) is -0.922. The van der Waals surface area contributed by atoms with Gasteiger partial charge in [-0.15, -0.1) is 5.03 Å². The first-order chi connectivity index (χ1) is 4.86. The Labute approximate surface area is 82.8 Å². The molecule has 0 spiro atoms. The number of H-pyrrole nitrogens is 1. The Morgan fingerprint density at radius 2 is 1.91 bits per heavy atom. The van der Waals surface area contributed by atoms with Crippen molar-refractivity contribution >= 4 is 23.5 Å². The maximum absolute atomic E-state index is 4.96. The molecule has 1 nitrogen and oxygen atoms in total. The smallest absolute Gasteiger partial charge is 0.762 e. The Balaban J connectivity index is 0.000000605. The molecule has 0 saturated carbocycles. The maximum Gasteiger partial charge on any atom is 1.00 e. The van der Waals surface area contributed by atoms with Gasteiger partial charge in [0.2, 0.25) is 0 Å². The molecule has 0 aliphatic carbocycles. The first-order valence-electron chi connectivity index (χ1n) is 3.11. The Bertz CT molecular complexity index is 323. The molecule has 2 aromatic rings. The summed E-state index contributed by atoms with van der Waals surface area (Å²) in [6.07, 6.45) is 0. The number of nitrogens with one attached hydrogen (secondary N) is 1. The van der Waals surface area contributed by atoms with Gasteiger partial charge in [-0.3, -0.25) is 0 Å².